The van der Waals surface area contributed by atoms with Gasteiger partial charge in [-0.15, -0.1) is 0 Å². The molecule has 2 N–H and O–H groups in total. The van der Waals surface area contributed by atoms with Crippen LogP contribution in [0.2, 0.25) is 0 Å². The van der Waals surface area contributed by atoms with Gasteiger partial charge in [0.2, 0.25) is 11.8 Å². The van der Waals surface area contributed by atoms with Crippen LogP contribution < -0.4 is 15.4 Å². The van der Waals surface area contributed by atoms with E-state index in [0.29, 0.717) is 36.5 Å². The van der Waals surface area contributed by atoms with Crippen LogP contribution in [0.5, 0.6) is 11.5 Å². The number of carbonyl (C=O) groups excluding carboxylic acids is 3. The number of benzene rings is 3. The van der Waals surface area contributed by atoms with Gasteiger partial charge in [0.15, 0.2) is 0 Å². The molecule has 1 heterocycles. The largest absolute Gasteiger partial charge is 0.465 e. The second-order valence-electron chi connectivity index (χ2n) is 8.87. The number of amides is 2. The van der Waals surface area contributed by atoms with Crippen molar-refractivity contribution in [2.24, 2.45) is 0 Å². The second kappa shape index (κ2) is 12.7. The summed E-state index contributed by atoms with van der Waals surface area (Å²) in [5.74, 6) is 0.773. The lowest BCUT2D eigenvalue weighted by molar-refractivity contribution is -0.133. The summed E-state index contributed by atoms with van der Waals surface area (Å²) in [4.78, 5) is 39.2. The number of anilines is 1. The number of methoxy groups -OCH3 is 1. The molecule has 8 nitrogen and oxygen atoms in total. The van der Waals surface area contributed by atoms with Crippen LogP contribution in [-0.4, -0.2) is 48.9 Å². The number of hydrogen-bond donors (Lipinski definition) is 2. The van der Waals surface area contributed by atoms with Crippen molar-refractivity contribution in [3.63, 3.8) is 0 Å². The molecular formula is C29H31N3O5. The first-order valence-electron chi connectivity index (χ1n) is 12.3. The number of rotatable bonds is 9. The highest BCUT2D eigenvalue weighted by Gasteiger charge is 2.27. The Morgan fingerprint density at radius 2 is 1.62 bits per heavy atom. The van der Waals surface area contributed by atoms with Gasteiger partial charge < -0.3 is 19.7 Å². The van der Waals surface area contributed by atoms with E-state index in [1.807, 2.05) is 42.5 Å². The van der Waals surface area contributed by atoms with Gasteiger partial charge in [-0.25, -0.2) is 4.79 Å². The zero-order valence-electron chi connectivity index (χ0n) is 20.8. The summed E-state index contributed by atoms with van der Waals surface area (Å²) in [7, 11) is 1.34. The average molecular weight is 502 g/mol. The van der Waals surface area contributed by atoms with Gasteiger partial charge in [-0.3, -0.25) is 14.9 Å². The molecule has 1 fully saturated rings. The molecule has 2 amide bonds. The molecular weight excluding hydrogens is 470 g/mol. The van der Waals surface area contributed by atoms with Crippen LogP contribution in [0.3, 0.4) is 0 Å². The molecule has 1 saturated heterocycles. The molecule has 192 valence electrons. The van der Waals surface area contributed by atoms with Crippen LogP contribution in [-0.2, 0) is 20.9 Å². The van der Waals surface area contributed by atoms with Gasteiger partial charge in [-0.05, 0) is 73.4 Å². The molecule has 0 aliphatic carbocycles. The lowest BCUT2D eigenvalue weighted by Gasteiger charge is -2.25. The van der Waals surface area contributed by atoms with Crippen molar-refractivity contribution in [3.8, 4) is 11.5 Å². The Hall–Kier alpha value is -4.17. The van der Waals surface area contributed by atoms with Crippen molar-refractivity contribution < 1.29 is 23.9 Å². The van der Waals surface area contributed by atoms with E-state index in [2.05, 4.69) is 10.6 Å². The Balaban J connectivity index is 1.27. The number of likely N-dealkylation sites (tertiary alicyclic amines) is 1. The first-order chi connectivity index (χ1) is 18.0. The van der Waals surface area contributed by atoms with Gasteiger partial charge in [-0.1, -0.05) is 30.3 Å². The van der Waals surface area contributed by atoms with E-state index < -0.39 is 12.0 Å². The Morgan fingerprint density at radius 3 is 2.32 bits per heavy atom. The maximum atomic E-state index is 13.2. The summed E-state index contributed by atoms with van der Waals surface area (Å²) in [6.45, 7) is 1.13. The Kier molecular flexibility index (Phi) is 8.89. The predicted molar refractivity (Wildman–Crippen MR) is 140 cm³/mol. The van der Waals surface area contributed by atoms with Crippen LogP contribution in [0.4, 0.5) is 5.69 Å². The number of nitrogens with one attached hydrogen (secondary N) is 2. The van der Waals surface area contributed by atoms with E-state index >= 15 is 0 Å². The van der Waals surface area contributed by atoms with Crippen molar-refractivity contribution in [1.82, 2.24) is 10.2 Å². The second-order valence-corrected chi connectivity index (χ2v) is 8.87. The summed E-state index contributed by atoms with van der Waals surface area (Å²) >= 11 is 0. The zero-order chi connectivity index (χ0) is 26.0. The minimum absolute atomic E-state index is 0.0234. The molecule has 0 radical (unpaired) electrons. The number of hydrogen-bond acceptors (Lipinski definition) is 6. The summed E-state index contributed by atoms with van der Waals surface area (Å²) in [5.41, 5.74) is 2.05. The molecule has 1 aliphatic rings. The number of ether oxygens (including phenoxy) is 2. The Morgan fingerprint density at radius 1 is 0.919 bits per heavy atom. The van der Waals surface area contributed by atoms with Crippen LogP contribution in [0.25, 0.3) is 0 Å². The van der Waals surface area contributed by atoms with Crippen LogP contribution in [0, 0.1) is 0 Å². The molecule has 8 heteroatoms. The monoisotopic (exact) mass is 501 g/mol. The molecule has 3 aromatic carbocycles. The molecule has 1 unspecified atom stereocenters. The molecule has 1 atom stereocenters. The standard InChI is InChI=1S/C29H31N3O5/c1-36-29(35)22-12-10-21(11-13-22)20-32-18-6-5-9-26(28(32)34)30-19-27(33)31-23-14-16-25(17-15-23)37-24-7-3-2-4-8-24/h2-4,7-8,10-17,26,30H,5-6,9,18-20H2,1H3,(H,31,33). The predicted octanol–water partition coefficient (Wildman–Crippen LogP) is 4.37. The van der Waals surface area contributed by atoms with Crippen LogP contribution in [0.1, 0.15) is 35.2 Å². The highest BCUT2D eigenvalue weighted by Crippen LogP contribution is 2.22. The maximum absolute atomic E-state index is 13.2. The minimum Gasteiger partial charge on any atom is -0.465 e. The maximum Gasteiger partial charge on any atom is 0.337 e. The van der Waals surface area contributed by atoms with Crippen LogP contribution >= 0.6 is 0 Å². The summed E-state index contributed by atoms with van der Waals surface area (Å²) in [6.07, 6.45) is 2.47. The van der Waals surface area contributed by atoms with Crippen molar-refractivity contribution in [2.45, 2.75) is 31.8 Å². The molecule has 0 saturated carbocycles. The quantitative estimate of drug-likeness (QED) is 0.423. The van der Waals surface area contributed by atoms with Gasteiger partial charge in [0.25, 0.3) is 0 Å². The summed E-state index contributed by atoms with van der Waals surface area (Å²) < 4.78 is 10.5. The number of para-hydroxylation sites is 1. The topological polar surface area (TPSA) is 97.0 Å². The lowest BCUT2D eigenvalue weighted by Crippen LogP contribution is -2.47. The smallest absolute Gasteiger partial charge is 0.337 e. The van der Waals surface area contributed by atoms with E-state index in [0.717, 1.165) is 24.2 Å². The van der Waals surface area contributed by atoms with Crippen molar-refractivity contribution in [3.05, 3.63) is 90.0 Å². The summed E-state index contributed by atoms with van der Waals surface area (Å²) in [6, 6.07) is 23.2. The SMILES string of the molecule is COC(=O)c1ccc(CN2CCCCC(NCC(=O)Nc3ccc(Oc4ccccc4)cc3)C2=O)cc1. The van der Waals surface area contributed by atoms with Gasteiger partial charge in [0, 0.05) is 18.8 Å². The fourth-order valence-corrected chi connectivity index (χ4v) is 4.19. The highest BCUT2D eigenvalue weighted by molar-refractivity contribution is 5.93. The summed E-state index contributed by atoms with van der Waals surface area (Å²) in [5, 5.41) is 5.99. The number of carbonyl (C=O) groups is 3. The molecule has 0 bridgehead atoms. The third kappa shape index (κ3) is 7.41. The van der Waals surface area contributed by atoms with Gasteiger partial charge in [-0.2, -0.15) is 0 Å². The fourth-order valence-electron chi connectivity index (χ4n) is 4.19. The lowest BCUT2D eigenvalue weighted by atomic mass is 10.1. The number of nitrogens with zero attached hydrogens (tertiary/aromatic N) is 1. The molecule has 0 spiro atoms. The minimum atomic E-state index is -0.427. The van der Waals surface area contributed by atoms with Gasteiger partial charge in [0.1, 0.15) is 11.5 Å². The Bertz CT molecular complexity index is 1200. The van der Waals surface area contributed by atoms with E-state index in [1.54, 1.807) is 41.3 Å². The van der Waals surface area contributed by atoms with E-state index in [4.69, 9.17) is 9.47 Å². The van der Waals surface area contributed by atoms with Crippen molar-refractivity contribution >= 4 is 23.5 Å². The first kappa shape index (κ1) is 25.9. The molecule has 3 aromatic rings. The zero-order valence-corrected chi connectivity index (χ0v) is 20.8. The molecule has 37 heavy (non-hydrogen) atoms. The molecule has 1 aliphatic heterocycles. The van der Waals surface area contributed by atoms with Crippen LogP contribution in [0.15, 0.2) is 78.9 Å². The van der Waals surface area contributed by atoms with Crippen molar-refractivity contribution in [1.29, 1.82) is 0 Å². The van der Waals surface area contributed by atoms with E-state index in [1.165, 1.54) is 7.11 Å². The average Bonchev–Trinajstić information content (AvgIpc) is 3.10. The third-order valence-electron chi connectivity index (χ3n) is 6.16. The molecule has 4 rings (SSSR count). The van der Waals surface area contributed by atoms with E-state index in [9.17, 15) is 14.4 Å². The molecule has 0 aromatic heterocycles. The van der Waals surface area contributed by atoms with E-state index in [-0.39, 0.29) is 18.4 Å². The Labute approximate surface area is 216 Å². The number of esters is 1. The third-order valence-corrected chi connectivity index (χ3v) is 6.16. The highest BCUT2D eigenvalue weighted by atomic mass is 16.5. The van der Waals surface area contributed by atoms with Crippen molar-refractivity contribution in [2.75, 3.05) is 25.5 Å². The first-order valence-corrected chi connectivity index (χ1v) is 12.3. The van der Waals surface area contributed by atoms with Gasteiger partial charge in [0.05, 0.1) is 25.3 Å². The fraction of sp³-hybridized carbons (Fsp3) is 0.276. The van der Waals surface area contributed by atoms with Gasteiger partial charge >= 0.3 is 5.97 Å². The normalized spacial score (nSPS) is 15.5.